The molecule has 3 nitrogen and oxygen atoms in total. The molecule has 4 heteroatoms. The molecular formula is C13H15ClN2O. The summed E-state index contributed by atoms with van der Waals surface area (Å²) in [6, 6.07) is 7.85. The van der Waals surface area contributed by atoms with Gasteiger partial charge >= 0.3 is 0 Å². The van der Waals surface area contributed by atoms with Gasteiger partial charge in [-0.1, -0.05) is 6.92 Å². The van der Waals surface area contributed by atoms with E-state index >= 15 is 0 Å². The first-order chi connectivity index (χ1) is 8.29. The number of nitrogens with one attached hydrogen (secondary N) is 1. The summed E-state index contributed by atoms with van der Waals surface area (Å²) in [6.45, 7) is 2.96. The standard InChI is InChI=1S/C13H15ClN2O/c1-2-16-11(12-3-4-13(14)17-12)9-10-5-7-15-8-6-10/h3-8,11,16H,2,9H2,1H3. The van der Waals surface area contributed by atoms with Crippen LogP contribution in [-0.4, -0.2) is 11.5 Å². The molecule has 0 aliphatic heterocycles. The molecule has 0 amide bonds. The van der Waals surface area contributed by atoms with Gasteiger partial charge in [0.25, 0.3) is 0 Å². The van der Waals surface area contributed by atoms with Crippen LogP contribution in [0.1, 0.15) is 24.3 Å². The van der Waals surface area contributed by atoms with Gasteiger partial charge in [-0.25, -0.2) is 0 Å². The summed E-state index contributed by atoms with van der Waals surface area (Å²) in [5.74, 6) is 0.869. The van der Waals surface area contributed by atoms with Gasteiger partial charge in [-0.05, 0) is 54.4 Å². The molecule has 0 fully saturated rings. The Kier molecular flexibility index (Phi) is 4.18. The summed E-state index contributed by atoms with van der Waals surface area (Å²) in [6.07, 6.45) is 4.46. The average molecular weight is 251 g/mol. The molecule has 2 heterocycles. The number of rotatable bonds is 5. The van der Waals surface area contributed by atoms with E-state index in [1.54, 1.807) is 18.5 Å². The van der Waals surface area contributed by atoms with E-state index in [4.69, 9.17) is 16.0 Å². The molecule has 1 atom stereocenters. The van der Waals surface area contributed by atoms with Crippen molar-refractivity contribution in [2.45, 2.75) is 19.4 Å². The molecular weight excluding hydrogens is 236 g/mol. The SMILES string of the molecule is CCNC(Cc1ccncc1)c1ccc(Cl)o1. The maximum Gasteiger partial charge on any atom is 0.193 e. The fraction of sp³-hybridized carbons (Fsp3) is 0.308. The van der Waals surface area contributed by atoms with Gasteiger partial charge in [-0.15, -0.1) is 0 Å². The highest BCUT2D eigenvalue weighted by Gasteiger charge is 2.14. The van der Waals surface area contributed by atoms with Crippen LogP contribution in [0.15, 0.2) is 41.1 Å². The highest BCUT2D eigenvalue weighted by Crippen LogP contribution is 2.22. The lowest BCUT2D eigenvalue weighted by Gasteiger charge is -2.15. The molecule has 2 aromatic heterocycles. The number of aromatic nitrogens is 1. The maximum absolute atomic E-state index is 5.80. The number of furan rings is 1. The van der Waals surface area contributed by atoms with Gasteiger partial charge in [0, 0.05) is 12.4 Å². The van der Waals surface area contributed by atoms with E-state index in [0.29, 0.717) is 5.22 Å². The predicted octanol–water partition coefficient (Wildman–Crippen LogP) is 3.22. The van der Waals surface area contributed by atoms with Gasteiger partial charge in [-0.3, -0.25) is 4.98 Å². The number of pyridine rings is 1. The van der Waals surface area contributed by atoms with Crippen LogP contribution in [0.3, 0.4) is 0 Å². The van der Waals surface area contributed by atoms with Gasteiger partial charge in [0.15, 0.2) is 5.22 Å². The molecule has 0 aliphatic rings. The van der Waals surface area contributed by atoms with Crippen LogP contribution < -0.4 is 5.32 Å². The van der Waals surface area contributed by atoms with Crippen molar-refractivity contribution in [3.8, 4) is 0 Å². The van der Waals surface area contributed by atoms with Crippen molar-refractivity contribution in [2.75, 3.05) is 6.54 Å². The molecule has 0 radical (unpaired) electrons. The second-order valence-electron chi connectivity index (χ2n) is 3.81. The van der Waals surface area contributed by atoms with E-state index in [-0.39, 0.29) is 6.04 Å². The summed E-state index contributed by atoms with van der Waals surface area (Å²) >= 11 is 5.80. The van der Waals surface area contributed by atoms with E-state index in [1.165, 1.54) is 5.56 Å². The van der Waals surface area contributed by atoms with E-state index in [0.717, 1.165) is 18.7 Å². The van der Waals surface area contributed by atoms with E-state index in [9.17, 15) is 0 Å². The third kappa shape index (κ3) is 3.32. The molecule has 0 saturated heterocycles. The predicted molar refractivity (Wildman–Crippen MR) is 68.1 cm³/mol. The van der Waals surface area contributed by atoms with Crippen LogP contribution in [0.2, 0.25) is 5.22 Å². The largest absolute Gasteiger partial charge is 0.448 e. The summed E-state index contributed by atoms with van der Waals surface area (Å²) < 4.78 is 5.46. The van der Waals surface area contributed by atoms with Crippen molar-refractivity contribution >= 4 is 11.6 Å². The normalized spacial score (nSPS) is 12.6. The lowest BCUT2D eigenvalue weighted by molar-refractivity contribution is 0.417. The van der Waals surface area contributed by atoms with Gasteiger partial charge in [0.05, 0.1) is 6.04 Å². The number of halogens is 1. The Morgan fingerprint density at radius 3 is 2.65 bits per heavy atom. The molecule has 1 N–H and O–H groups in total. The first-order valence-electron chi connectivity index (χ1n) is 5.67. The quantitative estimate of drug-likeness (QED) is 0.886. The van der Waals surface area contributed by atoms with E-state index in [1.807, 2.05) is 18.2 Å². The van der Waals surface area contributed by atoms with Gasteiger partial charge in [0.2, 0.25) is 0 Å². The van der Waals surface area contributed by atoms with Crippen LogP contribution in [0.25, 0.3) is 0 Å². The molecule has 0 aromatic carbocycles. The minimum atomic E-state index is 0.148. The molecule has 0 aliphatic carbocycles. The Bertz CT molecular complexity index is 455. The van der Waals surface area contributed by atoms with Crippen molar-refractivity contribution in [3.05, 3.63) is 53.2 Å². The molecule has 2 rings (SSSR count). The Balaban J connectivity index is 2.13. The Labute approximate surface area is 106 Å². The molecule has 0 spiro atoms. The molecule has 0 saturated carbocycles. The van der Waals surface area contributed by atoms with Crippen molar-refractivity contribution in [1.29, 1.82) is 0 Å². The van der Waals surface area contributed by atoms with Gasteiger partial charge in [-0.2, -0.15) is 0 Å². The van der Waals surface area contributed by atoms with Gasteiger partial charge < -0.3 is 9.73 Å². The minimum absolute atomic E-state index is 0.148. The summed E-state index contributed by atoms with van der Waals surface area (Å²) in [4.78, 5) is 4.01. The first kappa shape index (κ1) is 12.1. The number of likely N-dealkylation sites (N-methyl/N-ethyl adjacent to an activating group) is 1. The number of hydrogen-bond acceptors (Lipinski definition) is 3. The second-order valence-corrected chi connectivity index (χ2v) is 4.18. The molecule has 2 aromatic rings. The number of nitrogens with zero attached hydrogens (tertiary/aromatic N) is 1. The summed E-state index contributed by atoms with van der Waals surface area (Å²) in [7, 11) is 0. The maximum atomic E-state index is 5.80. The lowest BCUT2D eigenvalue weighted by Crippen LogP contribution is -2.22. The Morgan fingerprint density at radius 2 is 2.06 bits per heavy atom. The highest BCUT2D eigenvalue weighted by molar-refractivity contribution is 6.28. The van der Waals surface area contributed by atoms with Crippen LogP contribution in [0.5, 0.6) is 0 Å². The van der Waals surface area contributed by atoms with E-state index < -0.39 is 0 Å². The highest BCUT2D eigenvalue weighted by atomic mass is 35.5. The van der Waals surface area contributed by atoms with E-state index in [2.05, 4.69) is 17.2 Å². The molecule has 0 bridgehead atoms. The van der Waals surface area contributed by atoms with Crippen LogP contribution in [0, 0.1) is 0 Å². The molecule has 17 heavy (non-hydrogen) atoms. The van der Waals surface area contributed by atoms with Crippen molar-refractivity contribution < 1.29 is 4.42 Å². The van der Waals surface area contributed by atoms with Crippen molar-refractivity contribution in [2.24, 2.45) is 0 Å². The Hall–Kier alpha value is -1.32. The van der Waals surface area contributed by atoms with Crippen molar-refractivity contribution in [3.63, 3.8) is 0 Å². The zero-order valence-corrected chi connectivity index (χ0v) is 10.4. The van der Waals surface area contributed by atoms with Crippen LogP contribution in [-0.2, 0) is 6.42 Å². The molecule has 90 valence electrons. The lowest BCUT2D eigenvalue weighted by atomic mass is 10.1. The monoisotopic (exact) mass is 250 g/mol. The van der Waals surface area contributed by atoms with Crippen LogP contribution in [0.4, 0.5) is 0 Å². The zero-order valence-electron chi connectivity index (χ0n) is 9.69. The summed E-state index contributed by atoms with van der Waals surface area (Å²) in [5.41, 5.74) is 1.22. The smallest absolute Gasteiger partial charge is 0.193 e. The first-order valence-corrected chi connectivity index (χ1v) is 6.05. The van der Waals surface area contributed by atoms with Crippen LogP contribution >= 0.6 is 11.6 Å². The third-order valence-electron chi connectivity index (χ3n) is 2.58. The Morgan fingerprint density at radius 1 is 1.29 bits per heavy atom. The van der Waals surface area contributed by atoms with Crippen molar-refractivity contribution in [1.82, 2.24) is 10.3 Å². The second kappa shape index (κ2) is 5.84. The zero-order chi connectivity index (χ0) is 12.1. The summed E-state index contributed by atoms with van der Waals surface area (Å²) in [5, 5.41) is 3.82. The topological polar surface area (TPSA) is 38.1 Å². The van der Waals surface area contributed by atoms with Gasteiger partial charge in [0.1, 0.15) is 5.76 Å². The number of hydrogen-bond donors (Lipinski definition) is 1. The molecule has 1 unspecified atom stereocenters. The fourth-order valence-corrected chi connectivity index (χ4v) is 1.94. The minimum Gasteiger partial charge on any atom is -0.448 e. The average Bonchev–Trinajstić information content (AvgIpc) is 2.77. The fourth-order valence-electron chi connectivity index (χ4n) is 1.79. The third-order valence-corrected chi connectivity index (χ3v) is 2.78.